The van der Waals surface area contributed by atoms with E-state index in [0.717, 1.165) is 11.3 Å². The molecule has 2 aromatic carbocycles. The highest BCUT2D eigenvalue weighted by atomic mass is 16.6. The Hall–Kier alpha value is -4.40. The van der Waals surface area contributed by atoms with E-state index < -0.39 is 10.8 Å². The summed E-state index contributed by atoms with van der Waals surface area (Å²) in [6.07, 6.45) is 3.76. The maximum Gasteiger partial charge on any atom is 0.282 e. The van der Waals surface area contributed by atoms with Gasteiger partial charge in [-0.25, -0.2) is 4.98 Å². The van der Waals surface area contributed by atoms with Crippen LogP contribution in [0, 0.1) is 10.1 Å². The molecule has 0 aliphatic rings. The number of hydrogen-bond donors (Lipinski definition) is 1. The second-order valence-electron chi connectivity index (χ2n) is 6.58. The third-order valence-corrected chi connectivity index (χ3v) is 4.56. The van der Waals surface area contributed by atoms with Gasteiger partial charge in [-0.2, -0.15) is 0 Å². The summed E-state index contributed by atoms with van der Waals surface area (Å²) in [5.74, 6) is 0.288. The number of anilines is 1. The molecule has 2 heterocycles. The topological polar surface area (TPSA) is 108 Å². The summed E-state index contributed by atoms with van der Waals surface area (Å²) < 4.78 is 13.1. The van der Waals surface area contributed by atoms with E-state index in [1.807, 2.05) is 35.0 Å². The third-order valence-electron chi connectivity index (χ3n) is 4.56. The van der Waals surface area contributed by atoms with Crippen LogP contribution in [0.5, 0.6) is 11.5 Å². The van der Waals surface area contributed by atoms with Gasteiger partial charge in [0.25, 0.3) is 11.6 Å². The number of benzene rings is 2. The van der Waals surface area contributed by atoms with Crippen LogP contribution in [0.15, 0.2) is 73.1 Å². The number of carbonyl (C=O) groups excluding carboxylic acids is 1. The van der Waals surface area contributed by atoms with Crippen molar-refractivity contribution < 1.29 is 19.2 Å². The minimum atomic E-state index is -0.594. The van der Waals surface area contributed by atoms with Crippen molar-refractivity contribution in [1.29, 1.82) is 0 Å². The molecule has 156 valence electrons. The first kappa shape index (κ1) is 19.9. The van der Waals surface area contributed by atoms with Crippen LogP contribution in [0.2, 0.25) is 0 Å². The van der Waals surface area contributed by atoms with E-state index in [0.29, 0.717) is 17.2 Å². The summed E-state index contributed by atoms with van der Waals surface area (Å²) in [6, 6.07) is 16.3. The molecule has 0 fully saturated rings. The lowest BCUT2D eigenvalue weighted by atomic mass is 10.1. The average Bonchev–Trinajstić information content (AvgIpc) is 3.21. The number of nitro benzene ring substituents is 1. The first-order valence-corrected chi connectivity index (χ1v) is 9.33. The number of imidazole rings is 1. The van der Waals surface area contributed by atoms with Crippen LogP contribution in [0.25, 0.3) is 5.65 Å². The highest BCUT2D eigenvalue weighted by Crippen LogP contribution is 2.31. The zero-order valence-electron chi connectivity index (χ0n) is 16.5. The summed E-state index contributed by atoms with van der Waals surface area (Å²) in [7, 11) is 1.51. The lowest BCUT2D eigenvalue weighted by molar-refractivity contribution is -0.385. The molecule has 0 unspecified atom stereocenters. The lowest BCUT2D eigenvalue weighted by Gasteiger charge is -2.12. The van der Waals surface area contributed by atoms with E-state index in [-0.39, 0.29) is 17.9 Å². The molecule has 0 saturated heterocycles. The number of pyridine rings is 1. The molecule has 0 saturated carbocycles. The number of nitrogens with one attached hydrogen (secondary N) is 1. The van der Waals surface area contributed by atoms with Gasteiger partial charge in [0.2, 0.25) is 0 Å². The standard InChI is InChI=1S/C22H18N4O5/c1-30-19-10-9-15(24-22(27)17-6-2-3-7-18(17)26(28)29)12-20(19)31-14-16-13-25-11-5-4-8-21(25)23-16/h2-13H,14H2,1H3,(H,24,27). The fraction of sp³-hybridized carbons (Fsp3) is 0.0909. The van der Waals surface area contributed by atoms with Crippen LogP contribution in [0.1, 0.15) is 16.1 Å². The maximum atomic E-state index is 12.6. The predicted molar refractivity (Wildman–Crippen MR) is 114 cm³/mol. The van der Waals surface area contributed by atoms with Crippen molar-refractivity contribution in [2.45, 2.75) is 6.61 Å². The number of nitro groups is 1. The van der Waals surface area contributed by atoms with Gasteiger partial charge in [-0.1, -0.05) is 18.2 Å². The van der Waals surface area contributed by atoms with Crippen molar-refractivity contribution in [2.75, 3.05) is 12.4 Å². The van der Waals surface area contributed by atoms with Crippen LogP contribution in [0.4, 0.5) is 11.4 Å². The van der Waals surface area contributed by atoms with Gasteiger partial charge in [0.1, 0.15) is 17.8 Å². The number of carbonyl (C=O) groups is 1. The van der Waals surface area contributed by atoms with E-state index >= 15 is 0 Å². The fourth-order valence-corrected chi connectivity index (χ4v) is 3.10. The molecule has 4 rings (SSSR count). The zero-order valence-corrected chi connectivity index (χ0v) is 16.5. The molecule has 0 aliphatic heterocycles. The molecule has 1 N–H and O–H groups in total. The second kappa shape index (κ2) is 8.54. The Balaban J connectivity index is 1.53. The van der Waals surface area contributed by atoms with Gasteiger partial charge in [-0.15, -0.1) is 0 Å². The van der Waals surface area contributed by atoms with Crippen LogP contribution < -0.4 is 14.8 Å². The molecule has 9 nitrogen and oxygen atoms in total. The van der Waals surface area contributed by atoms with Crippen molar-refractivity contribution >= 4 is 22.9 Å². The number of amides is 1. The van der Waals surface area contributed by atoms with E-state index in [1.54, 1.807) is 24.3 Å². The molecule has 1 amide bonds. The number of hydrogen-bond acceptors (Lipinski definition) is 6. The lowest BCUT2D eigenvalue weighted by Crippen LogP contribution is -2.14. The Bertz CT molecular complexity index is 1230. The Kier molecular flexibility index (Phi) is 5.48. The first-order valence-electron chi connectivity index (χ1n) is 9.33. The van der Waals surface area contributed by atoms with Crippen LogP contribution in [0.3, 0.4) is 0 Å². The summed E-state index contributed by atoms with van der Waals surface area (Å²) in [6.45, 7) is 0.194. The quantitative estimate of drug-likeness (QED) is 0.358. The molecule has 4 aromatic rings. The number of rotatable bonds is 7. The molecular formula is C22H18N4O5. The number of aromatic nitrogens is 2. The van der Waals surface area contributed by atoms with Crippen LogP contribution in [-0.2, 0) is 6.61 Å². The Morgan fingerprint density at radius 3 is 2.71 bits per heavy atom. The van der Waals surface area contributed by atoms with Crippen LogP contribution >= 0.6 is 0 Å². The number of para-hydroxylation sites is 1. The van der Waals surface area contributed by atoms with Gasteiger partial charge < -0.3 is 19.2 Å². The number of methoxy groups -OCH3 is 1. The number of nitrogens with zero attached hydrogens (tertiary/aromatic N) is 3. The van der Waals surface area contributed by atoms with Crippen molar-refractivity contribution in [3.05, 3.63) is 94.4 Å². The summed E-state index contributed by atoms with van der Waals surface area (Å²) >= 11 is 0. The molecule has 31 heavy (non-hydrogen) atoms. The molecule has 2 aromatic heterocycles. The summed E-state index contributed by atoms with van der Waals surface area (Å²) in [4.78, 5) is 27.7. The molecular weight excluding hydrogens is 400 g/mol. The Morgan fingerprint density at radius 2 is 1.94 bits per heavy atom. The second-order valence-corrected chi connectivity index (χ2v) is 6.58. The van der Waals surface area contributed by atoms with Crippen molar-refractivity contribution in [3.8, 4) is 11.5 Å². The SMILES string of the molecule is COc1ccc(NC(=O)c2ccccc2[N+](=O)[O-])cc1OCc1cn2ccccc2n1. The van der Waals surface area contributed by atoms with E-state index in [4.69, 9.17) is 9.47 Å². The maximum absolute atomic E-state index is 12.6. The highest BCUT2D eigenvalue weighted by molar-refractivity contribution is 6.07. The van der Waals surface area contributed by atoms with Crippen LogP contribution in [-0.4, -0.2) is 27.3 Å². The largest absolute Gasteiger partial charge is 0.493 e. The number of ether oxygens (including phenoxy) is 2. The molecule has 0 bridgehead atoms. The Morgan fingerprint density at radius 1 is 1.13 bits per heavy atom. The number of fused-ring (bicyclic) bond motifs is 1. The minimum absolute atomic E-state index is 0.0320. The average molecular weight is 418 g/mol. The van der Waals surface area contributed by atoms with Gasteiger partial charge in [-0.05, 0) is 30.3 Å². The highest BCUT2D eigenvalue weighted by Gasteiger charge is 2.19. The van der Waals surface area contributed by atoms with Crippen molar-refractivity contribution in [3.63, 3.8) is 0 Å². The van der Waals surface area contributed by atoms with Gasteiger partial charge in [0.05, 0.1) is 17.7 Å². The third kappa shape index (κ3) is 4.30. The van der Waals surface area contributed by atoms with Gasteiger partial charge >= 0.3 is 0 Å². The molecule has 0 spiro atoms. The summed E-state index contributed by atoms with van der Waals surface area (Å²) in [5.41, 5.74) is 1.64. The van der Waals surface area contributed by atoms with Gasteiger partial charge in [-0.3, -0.25) is 14.9 Å². The van der Waals surface area contributed by atoms with E-state index in [9.17, 15) is 14.9 Å². The van der Waals surface area contributed by atoms with Crippen molar-refractivity contribution in [1.82, 2.24) is 9.38 Å². The van der Waals surface area contributed by atoms with E-state index in [2.05, 4.69) is 10.3 Å². The minimum Gasteiger partial charge on any atom is -0.493 e. The molecule has 0 aliphatic carbocycles. The fourth-order valence-electron chi connectivity index (χ4n) is 3.10. The molecule has 0 radical (unpaired) electrons. The van der Waals surface area contributed by atoms with Gasteiger partial charge in [0, 0.05) is 30.2 Å². The molecule has 9 heteroatoms. The first-order chi connectivity index (χ1) is 15.0. The monoisotopic (exact) mass is 418 g/mol. The Labute approximate surface area is 177 Å². The summed E-state index contributed by atoms with van der Waals surface area (Å²) in [5, 5.41) is 13.8. The van der Waals surface area contributed by atoms with Crippen molar-refractivity contribution in [2.24, 2.45) is 0 Å². The predicted octanol–water partition coefficient (Wildman–Crippen LogP) is 4.08. The van der Waals surface area contributed by atoms with Gasteiger partial charge in [0.15, 0.2) is 11.5 Å². The zero-order chi connectivity index (χ0) is 21.8. The van der Waals surface area contributed by atoms with E-state index in [1.165, 1.54) is 25.3 Å². The normalized spacial score (nSPS) is 10.6. The molecule has 0 atom stereocenters. The smallest absolute Gasteiger partial charge is 0.282 e.